The van der Waals surface area contributed by atoms with Gasteiger partial charge in [0.1, 0.15) is 0 Å². The fourth-order valence-electron chi connectivity index (χ4n) is 4.37. The highest BCUT2D eigenvalue weighted by Crippen LogP contribution is 2.38. The van der Waals surface area contributed by atoms with Crippen molar-refractivity contribution in [2.45, 2.75) is 128 Å². The number of hydrogen-bond donors (Lipinski definition) is 1. The zero-order valence-corrected chi connectivity index (χ0v) is 23.4. The van der Waals surface area contributed by atoms with E-state index < -0.39 is 8.32 Å². The van der Waals surface area contributed by atoms with E-state index in [1.54, 1.807) is 4.90 Å². The molecule has 3 amide bonds. The number of urea groups is 1. The van der Waals surface area contributed by atoms with E-state index in [1.807, 2.05) is 10.2 Å². The van der Waals surface area contributed by atoms with Gasteiger partial charge >= 0.3 is 6.03 Å². The van der Waals surface area contributed by atoms with Gasteiger partial charge in [-0.1, -0.05) is 88.0 Å². The largest absolute Gasteiger partial charge is 0.410 e. The second-order valence-corrected chi connectivity index (χ2v) is 16.3. The molecule has 0 saturated heterocycles. The van der Waals surface area contributed by atoms with Crippen LogP contribution in [-0.2, 0) is 9.22 Å². The van der Waals surface area contributed by atoms with E-state index in [0.29, 0.717) is 0 Å². The van der Waals surface area contributed by atoms with Gasteiger partial charge in [-0.3, -0.25) is 9.69 Å². The lowest BCUT2D eigenvalue weighted by molar-refractivity contribution is -0.132. The van der Waals surface area contributed by atoms with Crippen LogP contribution in [0.5, 0.6) is 0 Å². The van der Waals surface area contributed by atoms with Gasteiger partial charge in [-0.2, -0.15) is 0 Å². The molecule has 2 aliphatic carbocycles. The molecule has 31 heavy (non-hydrogen) atoms. The summed E-state index contributed by atoms with van der Waals surface area (Å²) in [6, 6.07) is 0.0314. The van der Waals surface area contributed by atoms with E-state index in [0.717, 1.165) is 51.4 Å². The second-order valence-electron chi connectivity index (χ2n) is 10.8. The second kappa shape index (κ2) is 12.2. The molecule has 0 radical (unpaired) electrons. The standard InChI is InChI=1S/C24H43IN2O3Si/c1-24(2,3)31(4,5)30-21(16-17-25)18-22(28)27(20-14-10-7-11-15-20)23(29)26-19-12-8-6-9-13-19/h16-17,19-21H,6-15,18H2,1-5H3,(H,26,29)/b17-16-. The van der Waals surface area contributed by atoms with Crippen molar-refractivity contribution in [1.29, 1.82) is 0 Å². The van der Waals surface area contributed by atoms with Crippen LogP contribution in [0.25, 0.3) is 0 Å². The van der Waals surface area contributed by atoms with E-state index >= 15 is 0 Å². The molecule has 2 rings (SSSR count). The summed E-state index contributed by atoms with van der Waals surface area (Å²) in [7, 11) is -2.03. The van der Waals surface area contributed by atoms with Gasteiger partial charge in [0.05, 0.1) is 12.5 Å². The van der Waals surface area contributed by atoms with Crippen LogP contribution in [0.15, 0.2) is 10.2 Å². The third-order valence-corrected chi connectivity index (χ3v) is 12.2. The first-order chi connectivity index (χ1) is 14.5. The smallest absolute Gasteiger partial charge is 0.324 e. The summed E-state index contributed by atoms with van der Waals surface area (Å²) in [5.74, 6) is -0.0987. The Kier molecular flexibility index (Phi) is 10.5. The Morgan fingerprint density at radius 1 is 1.06 bits per heavy atom. The number of nitrogens with zero attached hydrogens (tertiary/aromatic N) is 1. The summed E-state index contributed by atoms with van der Waals surface area (Å²) in [6.07, 6.45) is 12.7. The summed E-state index contributed by atoms with van der Waals surface area (Å²) in [5.41, 5.74) is 0. The summed E-state index contributed by atoms with van der Waals surface area (Å²) in [6.45, 7) is 11.0. The molecule has 0 spiro atoms. The predicted octanol–water partition coefficient (Wildman–Crippen LogP) is 6.92. The van der Waals surface area contributed by atoms with Crippen LogP contribution >= 0.6 is 22.6 Å². The molecule has 0 aromatic heterocycles. The van der Waals surface area contributed by atoms with Crippen molar-refractivity contribution in [2.24, 2.45) is 0 Å². The minimum Gasteiger partial charge on any atom is -0.410 e. The molecule has 7 heteroatoms. The Bertz CT molecular complexity index is 621. The maximum atomic E-state index is 13.5. The Morgan fingerprint density at radius 3 is 2.13 bits per heavy atom. The Hall–Kier alpha value is -0.413. The number of carbonyl (C=O) groups is 2. The van der Waals surface area contributed by atoms with Gasteiger partial charge in [-0.15, -0.1) is 0 Å². The topological polar surface area (TPSA) is 58.6 Å². The molecule has 178 valence electrons. The maximum absolute atomic E-state index is 13.5. The average molecular weight is 563 g/mol. The fourth-order valence-corrected chi connectivity index (χ4v) is 6.10. The molecule has 2 saturated carbocycles. The normalized spacial score (nSPS) is 20.6. The highest BCUT2D eigenvalue weighted by atomic mass is 127. The van der Waals surface area contributed by atoms with E-state index in [4.69, 9.17) is 4.43 Å². The minimum absolute atomic E-state index is 0.0157. The summed E-state index contributed by atoms with van der Waals surface area (Å²) in [4.78, 5) is 28.4. The molecule has 5 nitrogen and oxygen atoms in total. The molecule has 2 aliphatic rings. The number of rotatable bonds is 7. The number of carbonyl (C=O) groups excluding carboxylic acids is 2. The van der Waals surface area contributed by atoms with Crippen molar-refractivity contribution >= 4 is 42.8 Å². The molecule has 0 heterocycles. The first kappa shape index (κ1) is 26.8. The SMILES string of the molecule is CC(C)(C)[Si](C)(C)OC(/C=C\I)CC(=O)N(C(=O)NC1CCCCC1)C1CCCCC1. The lowest BCUT2D eigenvalue weighted by Gasteiger charge is -2.39. The monoisotopic (exact) mass is 562 g/mol. The van der Waals surface area contributed by atoms with Gasteiger partial charge in [0.2, 0.25) is 5.91 Å². The van der Waals surface area contributed by atoms with Crippen LogP contribution in [0.2, 0.25) is 18.1 Å². The molecule has 1 unspecified atom stereocenters. The number of imide groups is 1. The van der Waals surface area contributed by atoms with Gasteiger partial charge in [0.25, 0.3) is 0 Å². The van der Waals surface area contributed by atoms with Gasteiger partial charge in [0, 0.05) is 12.1 Å². The maximum Gasteiger partial charge on any atom is 0.324 e. The molecule has 0 bridgehead atoms. The van der Waals surface area contributed by atoms with Gasteiger partial charge in [-0.05, 0) is 47.9 Å². The quantitative estimate of drug-likeness (QED) is 0.271. The van der Waals surface area contributed by atoms with E-state index in [9.17, 15) is 9.59 Å². The van der Waals surface area contributed by atoms with E-state index in [-0.39, 0.29) is 41.6 Å². The molecule has 1 N–H and O–H groups in total. The Labute approximate surface area is 204 Å². The van der Waals surface area contributed by atoms with Crippen LogP contribution in [0.4, 0.5) is 4.79 Å². The predicted molar refractivity (Wildman–Crippen MR) is 139 cm³/mol. The zero-order chi connectivity index (χ0) is 23.1. The minimum atomic E-state index is -2.03. The Balaban J connectivity index is 2.14. The van der Waals surface area contributed by atoms with E-state index in [2.05, 4.69) is 61.8 Å². The molecule has 2 fully saturated rings. The zero-order valence-electron chi connectivity index (χ0n) is 20.2. The van der Waals surface area contributed by atoms with Crippen molar-refractivity contribution in [1.82, 2.24) is 10.2 Å². The molecule has 0 aliphatic heterocycles. The molecular weight excluding hydrogens is 519 g/mol. The van der Waals surface area contributed by atoms with Crippen molar-refractivity contribution in [3.8, 4) is 0 Å². The lowest BCUT2D eigenvalue weighted by atomic mass is 9.93. The lowest BCUT2D eigenvalue weighted by Crippen LogP contribution is -2.54. The third-order valence-electron chi connectivity index (χ3n) is 7.28. The van der Waals surface area contributed by atoms with Crippen molar-refractivity contribution < 1.29 is 14.0 Å². The highest BCUT2D eigenvalue weighted by Gasteiger charge is 2.40. The molecule has 1 atom stereocenters. The van der Waals surface area contributed by atoms with Crippen molar-refractivity contribution in [3.05, 3.63) is 10.2 Å². The summed E-state index contributed by atoms with van der Waals surface area (Å²) in [5, 5.41) is 3.25. The van der Waals surface area contributed by atoms with Crippen LogP contribution < -0.4 is 5.32 Å². The first-order valence-electron chi connectivity index (χ1n) is 12.1. The molecular formula is C24H43IN2O3Si. The number of hydrogen-bond acceptors (Lipinski definition) is 3. The number of halogens is 1. The van der Waals surface area contributed by atoms with Gasteiger partial charge in [-0.25, -0.2) is 4.79 Å². The summed E-state index contributed by atoms with van der Waals surface area (Å²) < 4.78 is 8.48. The fraction of sp³-hybridized carbons (Fsp3) is 0.833. The highest BCUT2D eigenvalue weighted by molar-refractivity contribution is 14.1. The van der Waals surface area contributed by atoms with Crippen LogP contribution in [0, 0.1) is 0 Å². The van der Waals surface area contributed by atoms with Crippen molar-refractivity contribution in [2.75, 3.05) is 0 Å². The van der Waals surface area contributed by atoms with Gasteiger partial charge in [0.15, 0.2) is 8.32 Å². The van der Waals surface area contributed by atoms with E-state index in [1.165, 1.54) is 12.8 Å². The third kappa shape index (κ3) is 8.14. The average Bonchev–Trinajstić information content (AvgIpc) is 2.68. The summed E-state index contributed by atoms with van der Waals surface area (Å²) >= 11 is 2.18. The first-order valence-corrected chi connectivity index (χ1v) is 16.3. The van der Waals surface area contributed by atoms with Crippen LogP contribution in [0.1, 0.15) is 91.4 Å². The van der Waals surface area contributed by atoms with Crippen molar-refractivity contribution in [3.63, 3.8) is 0 Å². The Morgan fingerprint density at radius 2 is 1.61 bits per heavy atom. The molecule has 0 aromatic carbocycles. The van der Waals surface area contributed by atoms with Crippen LogP contribution in [0.3, 0.4) is 0 Å². The number of amides is 3. The number of nitrogens with one attached hydrogen (secondary N) is 1. The van der Waals surface area contributed by atoms with Gasteiger partial charge < -0.3 is 9.74 Å². The van der Waals surface area contributed by atoms with Crippen LogP contribution in [-0.4, -0.2) is 43.3 Å². The molecule has 0 aromatic rings.